The SMILES string of the molecule is CC(C)(O)c1c[nH]c2c(Cl)cccc12. The van der Waals surface area contributed by atoms with Crippen LogP contribution in [0, 0.1) is 0 Å². The summed E-state index contributed by atoms with van der Waals surface area (Å²) in [5.74, 6) is 0. The molecule has 0 fully saturated rings. The van der Waals surface area contributed by atoms with Crippen molar-refractivity contribution >= 4 is 22.5 Å². The lowest BCUT2D eigenvalue weighted by Gasteiger charge is -2.15. The number of hydrogen-bond donors (Lipinski definition) is 2. The van der Waals surface area contributed by atoms with Crippen molar-refractivity contribution in [2.75, 3.05) is 0 Å². The van der Waals surface area contributed by atoms with E-state index in [0.717, 1.165) is 16.5 Å². The van der Waals surface area contributed by atoms with Gasteiger partial charge in [-0.2, -0.15) is 0 Å². The van der Waals surface area contributed by atoms with E-state index in [4.69, 9.17) is 11.6 Å². The molecule has 0 radical (unpaired) electrons. The Kier molecular flexibility index (Phi) is 2.05. The molecule has 0 saturated carbocycles. The van der Waals surface area contributed by atoms with E-state index in [-0.39, 0.29) is 0 Å². The normalized spacial score (nSPS) is 12.3. The van der Waals surface area contributed by atoms with Gasteiger partial charge in [0.25, 0.3) is 0 Å². The van der Waals surface area contributed by atoms with Crippen LogP contribution in [0.15, 0.2) is 24.4 Å². The Morgan fingerprint density at radius 3 is 2.71 bits per heavy atom. The van der Waals surface area contributed by atoms with Gasteiger partial charge in [-0.1, -0.05) is 23.7 Å². The molecule has 0 spiro atoms. The minimum absolute atomic E-state index is 0.679. The zero-order valence-corrected chi connectivity index (χ0v) is 8.89. The van der Waals surface area contributed by atoms with Gasteiger partial charge in [-0.05, 0) is 19.9 Å². The first-order chi connectivity index (χ1) is 6.50. The Bertz CT molecular complexity index is 468. The molecule has 74 valence electrons. The van der Waals surface area contributed by atoms with E-state index < -0.39 is 5.60 Å². The number of nitrogens with one attached hydrogen (secondary N) is 1. The van der Waals surface area contributed by atoms with E-state index >= 15 is 0 Å². The minimum atomic E-state index is -0.844. The van der Waals surface area contributed by atoms with Crippen LogP contribution in [0.4, 0.5) is 0 Å². The number of aromatic amines is 1. The van der Waals surface area contributed by atoms with Crippen LogP contribution < -0.4 is 0 Å². The number of aromatic nitrogens is 1. The van der Waals surface area contributed by atoms with Crippen LogP contribution in [0.2, 0.25) is 5.02 Å². The second kappa shape index (κ2) is 3.01. The lowest BCUT2D eigenvalue weighted by Crippen LogP contribution is -2.14. The molecular formula is C11H12ClNO. The smallest absolute Gasteiger partial charge is 0.0861 e. The molecule has 2 aromatic rings. The third-order valence-electron chi connectivity index (χ3n) is 2.32. The highest BCUT2D eigenvalue weighted by atomic mass is 35.5. The van der Waals surface area contributed by atoms with Crippen molar-refractivity contribution in [2.45, 2.75) is 19.4 Å². The standard InChI is InChI=1S/C11H12ClNO/c1-11(2,14)8-6-13-10-7(8)4-3-5-9(10)12/h3-6,13-14H,1-2H3. The van der Waals surface area contributed by atoms with Gasteiger partial charge in [-0.25, -0.2) is 0 Å². The van der Waals surface area contributed by atoms with E-state index in [1.54, 1.807) is 20.0 Å². The third kappa shape index (κ3) is 1.41. The molecule has 2 nitrogen and oxygen atoms in total. The fourth-order valence-corrected chi connectivity index (χ4v) is 1.85. The van der Waals surface area contributed by atoms with Crippen LogP contribution in [0.25, 0.3) is 10.9 Å². The molecule has 0 amide bonds. The zero-order valence-electron chi connectivity index (χ0n) is 8.13. The van der Waals surface area contributed by atoms with Gasteiger partial charge in [0.05, 0.1) is 16.1 Å². The predicted molar refractivity (Wildman–Crippen MR) is 58.6 cm³/mol. The molecule has 0 aliphatic heterocycles. The van der Waals surface area contributed by atoms with Crippen LogP contribution in [0.5, 0.6) is 0 Å². The molecule has 2 N–H and O–H groups in total. The molecule has 0 aliphatic rings. The van der Waals surface area contributed by atoms with Gasteiger partial charge in [0.1, 0.15) is 0 Å². The van der Waals surface area contributed by atoms with Crippen molar-refractivity contribution in [2.24, 2.45) is 0 Å². The molecule has 2 rings (SSSR count). The van der Waals surface area contributed by atoms with Gasteiger partial charge in [0.15, 0.2) is 0 Å². The highest BCUT2D eigenvalue weighted by Crippen LogP contribution is 2.31. The minimum Gasteiger partial charge on any atom is -0.386 e. The summed E-state index contributed by atoms with van der Waals surface area (Å²) in [7, 11) is 0. The van der Waals surface area contributed by atoms with Gasteiger partial charge >= 0.3 is 0 Å². The molecule has 1 heterocycles. The lowest BCUT2D eigenvalue weighted by molar-refractivity contribution is 0.0802. The first-order valence-corrected chi connectivity index (χ1v) is 4.86. The largest absolute Gasteiger partial charge is 0.386 e. The van der Waals surface area contributed by atoms with Crippen LogP contribution in [0.3, 0.4) is 0 Å². The van der Waals surface area contributed by atoms with Crippen LogP contribution in [-0.4, -0.2) is 10.1 Å². The van der Waals surface area contributed by atoms with Gasteiger partial charge in [0, 0.05) is 17.1 Å². The monoisotopic (exact) mass is 209 g/mol. The Hall–Kier alpha value is -0.990. The van der Waals surface area contributed by atoms with Crippen molar-refractivity contribution in [3.8, 4) is 0 Å². The zero-order chi connectivity index (χ0) is 10.3. The summed E-state index contributed by atoms with van der Waals surface area (Å²) >= 11 is 6.01. The number of aliphatic hydroxyl groups is 1. The molecule has 0 bridgehead atoms. The van der Waals surface area contributed by atoms with Crippen molar-refractivity contribution in [1.29, 1.82) is 0 Å². The maximum Gasteiger partial charge on any atom is 0.0861 e. The number of para-hydroxylation sites is 1. The fraction of sp³-hybridized carbons (Fsp3) is 0.273. The summed E-state index contributed by atoms with van der Waals surface area (Å²) in [4.78, 5) is 3.07. The van der Waals surface area contributed by atoms with Crippen LogP contribution in [0.1, 0.15) is 19.4 Å². The van der Waals surface area contributed by atoms with Crippen molar-refractivity contribution in [3.05, 3.63) is 35.0 Å². The van der Waals surface area contributed by atoms with E-state index in [0.29, 0.717) is 5.02 Å². The third-order valence-corrected chi connectivity index (χ3v) is 2.64. The number of benzene rings is 1. The average Bonchev–Trinajstić information content (AvgIpc) is 2.47. The predicted octanol–water partition coefficient (Wildman–Crippen LogP) is 3.05. The number of H-pyrrole nitrogens is 1. The number of fused-ring (bicyclic) bond motifs is 1. The summed E-state index contributed by atoms with van der Waals surface area (Å²) in [6, 6.07) is 5.66. The first-order valence-electron chi connectivity index (χ1n) is 4.48. The molecule has 1 aromatic heterocycles. The molecule has 0 saturated heterocycles. The quantitative estimate of drug-likeness (QED) is 0.744. The molecule has 14 heavy (non-hydrogen) atoms. The Labute approximate surface area is 87.5 Å². The lowest BCUT2D eigenvalue weighted by atomic mass is 9.98. The van der Waals surface area contributed by atoms with Gasteiger partial charge < -0.3 is 10.1 Å². The van der Waals surface area contributed by atoms with E-state index in [9.17, 15) is 5.11 Å². The topological polar surface area (TPSA) is 36.0 Å². The molecule has 1 aromatic carbocycles. The summed E-state index contributed by atoms with van der Waals surface area (Å²) < 4.78 is 0. The number of hydrogen-bond acceptors (Lipinski definition) is 1. The van der Waals surface area contributed by atoms with E-state index in [1.165, 1.54) is 0 Å². The molecule has 3 heteroatoms. The second-order valence-corrected chi connectivity index (χ2v) is 4.33. The first kappa shape index (κ1) is 9.56. The van der Waals surface area contributed by atoms with E-state index in [1.807, 2.05) is 18.2 Å². The highest BCUT2D eigenvalue weighted by molar-refractivity contribution is 6.35. The van der Waals surface area contributed by atoms with Gasteiger partial charge in [0.2, 0.25) is 0 Å². The summed E-state index contributed by atoms with van der Waals surface area (Å²) in [6.07, 6.45) is 1.80. The van der Waals surface area contributed by atoms with E-state index in [2.05, 4.69) is 4.98 Å². The fourth-order valence-electron chi connectivity index (χ4n) is 1.62. The summed E-state index contributed by atoms with van der Waals surface area (Å²) in [5.41, 5.74) is 0.907. The van der Waals surface area contributed by atoms with Crippen molar-refractivity contribution in [3.63, 3.8) is 0 Å². The van der Waals surface area contributed by atoms with Crippen molar-refractivity contribution < 1.29 is 5.11 Å². The summed E-state index contributed by atoms with van der Waals surface area (Å²) in [6.45, 7) is 3.52. The Balaban J connectivity index is 2.76. The average molecular weight is 210 g/mol. The van der Waals surface area contributed by atoms with Gasteiger partial charge in [-0.15, -0.1) is 0 Å². The maximum atomic E-state index is 9.90. The maximum absolute atomic E-state index is 9.90. The van der Waals surface area contributed by atoms with Crippen molar-refractivity contribution in [1.82, 2.24) is 4.98 Å². The Morgan fingerprint density at radius 1 is 1.36 bits per heavy atom. The van der Waals surface area contributed by atoms with Gasteiger partial charge in [-0.3, -0.25) is 0 Å². The second-order valence-electron chi connectivity index (χ2n) is 3.92. The summed E-state index contributed by atoms with van der Waals surface area (Å²) in [5, 5.41) is 11.6. The number of rotatable bonds is 1. The molecule has 0 atom stereocenters. The highest BCUT2D eigenvalue weighted by Gasteiger charge is 2.20. The molecular weight excluding hydrogens is 198 g/mol. The van der Waals surface area contributed by atoms with Crippen LogP contribution >= 0.6 is 11.6 Å². The molecule has 0 aliphatic carbocycles. The Morgan fingerprint density at radius 2 is 2.07 bits per heavy atom. The molecule has 0 unspecified atom stereocenters. The van der Waals surface area contributed by atoms with Crippen LogP contribution in [-0.2, 0) is 5.60 Å². The number of halogens is 1.